The number of pyridine rings is 1. The van der Waals surface area contributed by atoms with Crippen molar-refractivity contribution in [2.24, 2.45) is 5.73 Å². The van der Waals surface area contributed by atoms with E-state index in [4.69, 9.17) is 5.73 Å². The minimum atomic E-state index is -0.354. The van der Waals surface area contributed by atoms with Crippen molar-refractivity contribution in [2.75, 3.05) is 0 Å². The number of fused-ring (bicyclic) bond motifs is 1. The Kier molecular flexibility index (Phi) is 4.40. The van der Waals surface area contributed by atoms with Gasteiger partial charge in [0, 0.05) is 17.8 Å². The fourth-order valence-electron chi connectivity index (χ4n) is 3.80. The Morgan fingerprint density at radius 2 is 1.87 bits per heavy atom. The number of hydrogen-bond donors (Lipinski definition) is 1. The third-order valence-electron chi connectivity index (χ3n) is 5.04. The van der Waals surface area contributed by atoms with Crippen LogP contribution in [-0.2, 0) is 19.4 Å². The summed E-state index contributed by atoms with van der Waals surface area (Å²) in [5.41, 5.74) is 13.3. The highest BCUT2D eigenvalue weighted by Crippen LogP contribution is 2.26. The summed E-state index contributed by atoms with van der Waals surface area (Å²) in [7, 11) is 0. The molecule has 0 radical (unpaired) electrons. The van der Waals surface area contributed by atoms with Crippen LogP contribution in [0.25, 0.3) is 0 Å². The lowest BCUT2D eigenvalue weighted by Crippen LogP contribution is -2.32. The second-order valence-electron chi connectivity index (χ2n) is 6.67. The molecular formula is C20H26N2O. The first-order valence-electron chi connectivity index (χ1n) is 8.61. The van der Waals surface area contributed by atoms with E-state index in [9.17, 15) is 4.79 Å². The normalized spacial score (nSPS) is 15.3. The molecule has 0 fully saturated rings. The van der Waals surface area contributed by atoms with Gasteiger partial charge in [-0.15, -0.1) is 0 Å². The van der Waals surface area contributed by atoms with Crippen LogP contribution in [0.1, 0.15) is 59.3 Å². The first-order valence-corrected chi connectivity index (χ1v) is 8.61. The van der Waals surface area contributed by atoms with E-state index in [2.05, 4.69) is 38.1 Å². The van der Waals surface area contributed by atoms with Crippen LogP contribution in [0, 0.1) is 13.8 Å². The third kappa shape index (κ3) is 2.86. The first-order chi connectivity index (χ1) is 11.0. The highest BCUT2D eigenvalue weighted by Gasteiger charge is 2.21. The topological polar surface area (TPSA) is 48.0 Å². The molecule has 3 nitrogen and oxygen atoms in total. The van der Waals surface area contributed by atoms with Gasteiger partial charge < -0.3 is 10.3 Å². The summed E-state index contributed by atoms with van der Waals surface area (Å²) >= 11 is 0. The number of nitrogens with two attached hydrogens (primary N) is 1. The monoisotopic (exact) mass is 310 g/mol. The van der Waals surface area contributed by atoms with Crippen LogP contribution in [-0.4, -0.2) is 4.57 Å². The van der Waals surface area contributed by atoms with Gasteiger partial charge >= 0.3 is 0 Å². The summed E-state index contributed by atoms with van der Waals surface area (Å²) in [4.78, 5) is 12.9. The summed E-state index contributed by atoms with van der Waals surface area (Å²) in [5, 5.41) is 0. The van der Waals surface area contributed by atoms with Gasteiger partial charge in [0.2, 0.25) is 0 Å². The Morgan fingerprint density at radius 1 is 1.13 bits per heavy atom. The molecule has 1 aliphatic rings. The number of nitrogens with zero attached hydrogens (tertiary/aromatic N) is 1. The van der Waals surface area contributed by atoms with E-state index in [0.29, 0.717) is 6.54 Å². The van der Waals surface area contributed by atoms with Gasteiger partial charge in [0.25, 0.3) is 5.56 Å². The molecule has 2 aromatic rings. The summed E-state index contributed by atoms with van der Waals surface area (Å²) < 4.78 is 1.94. The van der Waals surface area contributed by atoms with E-state index < -0.39 is 0 Å². The molecule has 0 amide bonds. The Balaban J connectivity index is 2.14. The molecule has 1 aliphatic carbocycles. The minimum absolute atomic E-state index is 0.0839. The van der Waals surface area contributed by atoms with Crippen molar-refractivity contribution in [1.29, 1.82) is 0 Å². The maximum atomic E-state index is 12.9. The van der Waals surface area contributed by atoms with Crippen molar-refractivity contribution in [3.05, 3.63) is 68.1 Å². The van der Waals surface area contributed by atoms with Crippen molar-refractivity contribution in [1.82, 2.24) is 4.57 Å². The van der Waals surface area contributed by atoms with Gasteiger partial charge in [0.15, 0.2) is 0 Å². The van der Waals surface area contributed by atoms with Crippen LogP contribution in [0.15, 0.2) is 29.1 Å². The van der Waals surface area contributed by atoms with Crippen LogP contribution >= 0.6 is 0 Å². The van der Waals surface area contributed by atoms with E-state index in [1.807, 2.05) is 11.5 Å². The van der Waals surface area contributed by atoms with Crippen LogP contribution < -0.4 is 11.3 Å². The van der Waals surface area contributed by atoms with Gasteiger partial charge in [0.05, 0.1) is 6.04 Å². The summed E-state index contributed by atoms with van der Waals surface area (Å²) in [6.45, 7) is 6.90. The molecule has 1 heterocycles. The van der Waals surface area contributed by atoms with Crippen LogP contribution in [0.5, 0.6) is 0 Å². The lowest BCUT2D eigenvalue weighted by atomic mass is 9.90. The van der Waals surface area contributed by atoms with Gasteiger partial charge in [-0.2, -0.15) is 0 Å². The second-order valence-corrected chi connectivity index (χ2v) is 6.67. The quantitative estimate of drug-likeness (QED) is 0.944. The first kappa shape index (κ1) is 16.0. The zero-order valence-electron chi connectivity index (χ0n) is 14.4. The molecule has 2 N–H and O–H groups in total. The highest BCUT2D eigenvalue weighted by molar-refractivity contribution is 5.40. The Bertz CT molecular complexity index is 789. The molecule has 0 bridgehead atoms. The number of rotatable bonds is 3. The number of benzene rings is 1. The lowest BCUT2D eigenvalue weighted by Gasteiger charge is -2.24. The predicted octanol–water partition coefficient (Wildman–Crippen LogP) is 3.41. The molecule has 122 valence electrons. The molecule has 0 saturated heterocycles. The fourth-order valence-corrected chi connectivity index (χ4v) is 3.80. The van der Waals surface area contributed by atoms with E-state index in [1.165, 1.54) is 29.7 Å². The van der Waals surface area contributed by atoms with Gasteiger partial charge in [-0.05, 0) is 69.2 Å². The van der Waals surface area contributed by atoms with Gasteiger partial charge in [-0.25, -0.2) is 0 Å². The molecular weight excluding hydrogens is 284 g/mol. The smallest absolute Gasteiger partial charge is 0.255 e. The number of aryl methyl sites for hydroxylation is 3. The van der Waals surface area contributed by atoms with Gasteiger partial charge in [-0.3, -0.25) is 4.79 Å². The molecule has 0 aliphatic heterocycles. The zero-order chi connectivity index (χ0) is 16.6. The molecule has 0 saturated carbocycles. The van der Waals surface area contributed by atoms with E-state index in [-0.39, 0.29) is 11.6 Å². The van der Waals surface area contributed by atoms with Crippen molar-refractivity contribution < 1.29 is 0 Å². The third-order valence-corrected chi connectivity index (χ3v) is 5.04. The highest BCUT2D eigenvalue weighted by atomic mass is 16.1. The van der Waals surface area contributed by atoms with E-state index in [1.54, 1.807) is 0 Å². The molecule has 3 heteroatoms. The van der Waals surface area contributed by atoms with Crippen molar-refractivity contribution >= 4 is 0 Å². The molecule has 1 unspecified atom stereocenters. The van der Waals surface area contributed by atoms with Crippen LogP contribution in [0.2, 0.25) is 0 Å². The summed E-state index contributed by atoms with van der Waals surface area (Å²) in [6, 6.07) is 7.98. The maximum absolute atomic E-state index is 12.9. The van der Waals surface area contributed by atoms with Gasteiger partial charge in [-0.1, -0.05) is 23.8 Å². The lowest BCUT2D eigenvalue weighted by molar-refractivity contribution is 0.582. The molecule has 1 atom stereocenters. The summed E-state index contributed by atoms with van der Waals surface area (Å²) in [5.74, 6) is 0. The average molecular weight is 310 g/mol. The van der Waals surface area contributed by atoms with E-state index >= 15 is 0 Å². The molecule has 23 heavy (non-hydrogen) atoms. The zero-order valence-corrected chi connectivity index (χ0v) is 14.4. The minimum Gasteiger partial charge on any atom is -0.320 e. The second kappa shape index (κ2) is 6.32. The van der Waals surface area contributed by atoms with Crippen LogP contribution in [0.3, 0.4) is 0 Å². The standard InChI is InChI=1S/C20H26N2O/c1-4-22-18-8-6-5-7-15(18)12-17(20(22)23)19(21)16-10-9-13(2)11-14(16)3/h9-12,19H,4-8,21H2,1-3H3. The van der Waals surface area contributed by atoms with Gasteiger partial charge in [0.1, 0.15) is 0 Å². The Hall–Kier alpha value is -1.87. The maximum Gasteiger partial charge on any atom is 0.255 e. The average Bonchev–Trinajstić information content (AvgIpc) is 2.54. The largest absolute Gasteiger partial charge is 0.320 e. The van der Waals surface area contributed by atoms with Crippen molar-refractivity contribution in [3.8, 4) is 0 Å². The predicted molar refractivity (Wildman–Crippen MR) is 95.0 cm³/mol. The van der Waals surface area contributed by atoms with E-state index in [0.717, 1.165) is 29.5 Å². The van der Waals surface area contributed by atoms with Crippen molar-refractivity contribution in [2.45, 2.75) is 59.0 Å². The summed E-state index contributed by atoms with van der Waals surface area (Å²) in [6.07, 6.45) is 4.45. The SMILES string of the molecule is CCn1c2c(cc(C(N)c3ccc(C)cc3C)c1=O)CCCC2. The fraction of sp³-hybridized carbons (Fsp3) is 0.450. The Labute approximate surface area is 138 Å². The Morgan fingerprint density at radius 3 is 2.57 bits per heavy atom. The molecule has 1 aromatic carbocycles. The number of aromatic nitrogens is 1. The van der Waals surface area contributed by atoms with Crippen LogP contribution in [0.4, 0.5) is 0 Å². The molecule has 1 aromatic heterocycles. The van der Waals surface area contributed by atoms with Crippen molar-refractivity contribution in [3.63, 3.8) is 0 Å². The molecule has 3 rings (SSSR count). The number of hydrogen-bond acceptors (Lipinski definition) is 2. The molecule has 0 spiro atoms.